The Morgan fingerprint density at radius 2 is 1.65 bits per heavy atom. The highest BCUT2D eigenvalue weighted by atomic mass is 127. The first-order chi connectivity index (χ1) is 8.06. The monoisotopic (exact) mass is 402 g/mol. The molecule has 0 N–H and O–H groups in total. The van der Waals surface area contributed by atoms with Gasteiger partial charge in [0.25, 0.3) is 0 Å². The summed E-state index contributed by atoms with van der Waals surface area (Å²) >= 11 is 3.34. The van der Waals surface area contributed by atoms with E-state index in [0.717, 1.165) is 4.47 Å². The molecule has 2 rings (SSSR count). The van der Waals surface area contributed by atoms with E-state index < -0.39 is 0 Å². The van der Waals surface area contributed by atoms with E-state index in [9.17, 15) is 0 Å². The van der Waals surface area contributed by atoms with Gasteiger partial charge in [0.05, 0.1) is 6.20 Å². The molecule has 88 valence electrons. The zero-order valence-corrected chi connectivity index (χ0v) is 13.8. The zero-order chi connectivity index (χ0) is 12.4. The Morgan fingerprint density at radius 1 is 1.00 bits per heavy atom. The second-order valence-corrected chi connectivity index (χ2v) is 7.91. The van der Waals surface area contributed by atoms with E-state index in [0.29, 0.717) is 0 Å². The maximum atomic E-state index is 4.24. The van der Waals surface area contributed by atoms with Crippen molar-refractivity contribution in [3.8, 4) is 0 Å². The van der Waals surface area contributed by atoms with Crippen molar-refractivity contribution < 1.29 is 21.2 Å². The van der Waals surface area contributed by atoms with Crippen molar-refractivity contribution in [1.29, 1.82) is 0 Å². The summed E-state index contributed by atoms with van der Waals surface area (Å²) in [4.78, 5) is 4.24. The van der Waals surface area contributed by atoms with Crippen LogP contribution in [0, 0.1) is 27.9 Å². The third kappa shape index (κ3) is 3.28. The van der Waals surface area contributed by atoms with Gasteiger partial charge >= 0.3 is 21.2 Å². The molecule has 0 amide bonds. The van der Waals surface area contributed by atoms with Gasteiger partial charge in [-0.3, -0.25) is 4.98 Å². The van der Waals surface area contributed by atoms with Crippen LogP contribution in [0.1, 0.15) is 16.7 Å². The summed E-state index contributed by atoms with van der Waals surface area (Å²) in [5.74, 6) is 0. The standard InChI is InChI=1S/C14H14BrIN/c1-9-4-10(2)14(11(3)5-9)16-13-6-12(15)7-17-8-13/h4-8H,1-3H3/q+1. The van der Waals surface area contributed by atoms with Crippen molar-refractivity contribution in [3.63, 3.8) is 0 Å². The number of aromatic nitrogens is 1. The summed E-state index contributed by atoms with van der Waals surface area (Å²) in [7, 11) is 0. The van der Waals surface area contributed by atoms with Crippen molar-refractivity contribution in [3.05, 3.63) is 58.9 Å². The van der Waals surface area contributed by atoms with Crippen molar-refractivity contribution >= 4 is 15.9 Å². The van der Waals surface area contributed by atoms with Crippen LogP contribution in [0.25, 0.3) is 0 Å². The Balaban J connectivity index is 2.36. The second-order valence-electron chi connectivity index (χ2n) is 4.13. The number of pyridine rings is 1. The topological polar surface area (TPSA) is 12.9 Å². The largest absolute Gasteiger partial charge is 0.360 e. The fourth-order valence-corrected chi connectivity index (χ4v) is 5.23. The molecule has 3 heteroatoms. The summed E-state index contributed by atoms with van der Waals surface area (Å²) in [6.45, 7) is 6.57. The van der Waals surface area contributed by atoms with Gasteiger partial charge in [-0.25, -0.2) is 0 Å². The third-order valence-electron chi connectivity index (χ3n) is 2.46. The number of aryl methyl sites for hydroxylation is 3. The fourth-order valence-electron chi connectivity index (χ4n) is 1.86. The molecule has 0 saturated carbocycles. The predicted molar refractivity (Wildman–Crippen MR) is 70.0 cm³/mol. The van der Waals surface area contributed by atoms with E-state index >= 15 is 0 Å². The van der Waals surface area contributed by atoms with E-state index in [4.69, 9.17) is 0 Å². The number of hydrogen-bond donors (Lipinski definition) is 0. The molecule has 17 heavy (non-hydrogen) atoms. The van der Waals surface area contributed by atoms with Crippen LogP contribution in [0.15, 0.2) is 35.1 Å². The molecule has 0 aliphatic rings. The van der Waals surface area contributed by atoms with Gasteiger partial charge in [0, 0.05) is 27.9 Å². The van der Waals surface area contributed by atoms with Crippen LogP contribution in [0.5, 0.6) is 0 Å². The normalized spacial score (nSPS) is 10.6. The lowest BCUT2D eigenvalue weighted by Gasteiger charge is -2.00. The molecule has 2 aromatic rings. The van der Waals surface area contributed by atoms with E-state index in [1.165, 1.54) is 23.8 Å². The lowest BCUT2D eigenvalue weighted by atomic mass is 10.1. The van der Waals surface area contributed by atoms with Gasteiger partial charge in [0.15, 0.2) is 3.57 Å². The van der Waals surface area contributed by atoms with Crippen molar-refractivity contribution in [1.82, 2.24) is 4.98 Å². The molecule has 0 atom stereocenters. The minimum atomic E-state index is -0.137. The SMILES string of the molecule is Cc1cc(C)c([I+]c2cncc(Br)c2)c(C)c1. The summed E-state index contributed by atoms with van der Waals surface area (Å²) < 4.78 is 3.94. The highest BCUT2D eigenvalue weighted by Crippen LogP contribution is 2.08. The highest BCUT2D eigenvalue weighted by molar-refractivity contribution is 9.10. The minimum absolute atomic E-state index is 0.137. The van der Waals surface area contributed by atoms with E-state index in [-0.39, 0.29) is 21.2 Å². The van der Waals surface area contributed by atoms with E-state index in [1.54, 1.807) is 0 Å². The van der Waals surface area contributed by atoms with Crippen LogP contribution in [-0.4, -0.2) is 4.98 Å². The number of nitrogens with zero attached hydrogens (tertiary/aromatic N) is 1. The first-order valence-corrected chi connectivity index (χ1v) is 8.34. The molecule has 1 nitrogen and oxygen atoms in total. The van der Waals surface area contributed by atoms with E-state index in [2.05, 4.69) is 59.9 Å². The number of halogens is 2. The number of rotatable bonds is 2. The Hall–Kier alpha value is -0.420. The average Bonchev–Trinajstić information content (AvgIpc) is 2.23. The van der Waals surface area contributed by atoms with Gasteiger partial charge in [-0.1, -0.05) is 17.7 Å². The molecule has 0 aliphatic carbocycles. The quantitative estimate of drug-likeness (QED) is 0.680. The zero-order valence-electron chi connectivity index (χ0n) is 10.1. The molecule has 1 heterocycles. The molecule has 0 unspecified atom stereocenters. The molecule has 0 bridgehead atoms. The van der Waals surface area contributed by atoms with Crippen molar-refractivity contribution in [2.75, 3.05) is 0 Å². The Kier molecular flexibility index (Phi) is 4.20. The van der Waals surface area contributed by atoms with Crippen molar-refractivity contribution in [2.45, 2.75) is 20.8 Å². The number of benzene rings is 1. The highest BCUT2D eigenvalue weighted by Gasteiger charge is 2.21. The van der Waals surface area contributed by atoms with Crippen LogP contribution in [0.3, 0.4) is 0 Å². The predicted octanol–water partition coefficient (Wildman–Crippen LogP) is 0.898. The van der Waals surface area contributed by atoms with Crippen LogP contribution >= 0.6 is 15.9 Å². The number of hydrogen-bond acceptors (Lipinski definition) is 1. The molecule has 1 aromatic carbocycles. The third-order valence-corrected chi connectivity index (χ3v) is 6.34. The van der Waals surface area contributed by atoms with Crippen LogP contribution in [0.2, 0.25) is 0 Å². The Labute approximate surface area is 121 Å². The molecule has 1 aromatic heterocycles. The lowest BCUT2D eigenvalue weighted by Crippen LogP contribution is -3.62. The summed E-state index contributed by atoms with van der Waals surface area (Å²) in [5, 5.41) is 0. The molecule has 0 radical (unpaired) electrons. The van der Waals surface area contributed by atoms with Gasteiger partial charge in [0.2, 0.25) is 3.57 Å². The Morgan fingerprint density at radius 3 is 2.24 bits per heavy atom. The molecular weight excluding hydrogens is 389 g/mol. The summed E-state index contributed by atoms with van der Waals surface area (Å²) in [6, 6.07) is 6.72. The molecular formula is C14H14BrIN+. The smallest absolute Gasteiger partial charge is 0.259 e. The van der Waals surface area contributed by atoms with Gasteiger partial charge in [0.1, 0.15) is 0 Å². The van der Waals surface area contributed by atoms with Gasteiger partial charge < -0.3 is 0 Å². The average molecular weight is 403 g/mol. The maximum Gasteiger partial charge on any atom is 0.360 e. The second kappa shape index (κ2) is 5.48. The summed E-state index contributed by atoms with van der Waals surface area (Å²) in [5.41, 5.74) is 4.17. The van der Waals surface area contributed by atoms with Crippen LogP contribution in [0.4, 0.5) is 0 Å². The first-order valence-electron chi connectivity index (χ1n) is 5.39. The van der Waals surface area contributed by atoms with Crippen LogP contribution in [-0.2, 0) is 0 Å². The first kappa shape index (κ1) is 13.0. The van der Waals surface area contributed by atoms with Gasteiger partial charge in [-0.05, 0) is 36.7 Å². The molecule has 0 fully saturated rings. The maximum absolute atomic E-state index is 4.24. The van der Waals surface area contributed by atoms with E-state index in [1.807, 2.05) is 12.4 Å². The lowest BCUT2D eigenvalue weighted by molar-refractivity contribution is -0.599. The molecule has 0 spiro atoms. The van der Waals surface area contributed by atoms with Gasteiger partial charge in [-0.15, -0.1) is 0 Å². The fraction of sp³-hybridized carbons (Fsp3) is 0.214. The van der Waals surface area contributed by atoms with Crippen molar-refractivity contribution in [2.24, 2.45) is 0 Å². The van der Waals surface area contributed by atoms with Crippen LogP contribution < -0.4 is 21.2 Å². The Bertz CT molecular complexity index is 529. The minimum Gasteiger partial charge on any atom is -0.259 e. The molecule has 0 aliphatic heterocycles. The molecule has 0 saturated heterocycles. The summed E-state index contributed by atoms with van der Waals surface area (Å²) in [6.07, 6.45) is 3.82. The van der Waals surface area contributed by atoms with Gasteiger partial charge in [-0.2, -0.15) is 0 Å².